The van der Waals surface area contributed by atoms with Gasteiger partial charge in [0.1, 0.15) is 5.75 Å². The van der Waals surface area contributed by atoms with Crippen molar-refractivity contribution in [1.82, 2.24) is 0 Å². The number of benzene rings is 2. The molecule has 0 aromatic heterocycles. The molecular weight excluding hydrogens is 330 g/mol. The maximum atomic E-state index is 12.4. The molecule has 0 aliphatic carbocycles. The Kier molecular flexibility index (Phi) is 3.72. The first-order chi connectivity index (χ1) is 10.0. The van der Waals surface area contributed by atoms with E-state index in [2.05, 4.69) is 27.3 Å². The summed E-state index contributed by atoms with van der Waals surface area (Å²) >= 11 is 3.51. The minimum atomic E-state index is -0.0997. The summed E-state index contributed by atoms with van der Waals surface area (Å²) < 4.78 is 6.36. The fraction of sp³-hybridized carbons (Fsp3) is 0.235. The van der Waals surface area contributed by atoms with E-state index in [4.69, 9.17) is 4.74 Å². The summed E-state index contributed by atoms with van der Waals surface area (Å²) in [6.45, 7) is 4.72. The molecule has 0 fully saturated rings. The number of anilines is 1. The third-order valence-corrected chi connectivity index (χ3v) is 4.25. The number of hydrogen-bond donors (Lipinski definition) is 1. The number of carbonyl (C=O) groups is 1. The van der Waals surface area contributed by atoms with E-state index in [-0.39, 0.29) is 5.91 Å². The van der Waals surface area contributed by atoms with Gasteiger partial charge in [0.2, 0.25) is 0 Å². The van der Waals surface area contributed by atoms with Gasteiger partial charge in [0.25, 0.3) is 5.91 Å². The Morgan fingerprint density at radius 3 is 2.81 bits per heavy atom. The number of halogens is 1. The van der Waals surface area contributed by atoms with Crippen LogP contribution in [-0.2, 0) is 6.42 Å². The minimum absolute atomic E-state index is 0.0997. The zero-order chi connectivity index (χ0) is 15.0. The molecule has 1 N–H and O–H groups in total. The van der Waals surface area contributed by atoms with Crippen LogP contribution in [0.15, 0.2) is 34.8 Å². The average Bonchev–Trinajstić information content (AvgIpc) is 2.89. The fourth-order valence-electron chi connectivity index (χ4n) is 2.59. The molecule has 0 unspecified atom stereocenters. The molecule has 0 saturated heterocycles. The van der Waals surface area contributed by atoms with Crippen molar-refractivity contribution in [3.05, 3.63) is 57.1 Å². The van der Waals surface area contributed by atoms with Gasteiger partial charge in [0.15, 0.2) is 0 Å². The van der Waals surface area contributed by atoms with E-state index in [1.807, 2.05) is 32.0 Å². The van der Waals surface area contributed by atoms with Crippen molar-refractivity contribution in [2.45, 2.75) is 20.3 Å². The Morgan fingerprint density at radius 1 is 1.24 bits per heavy atom. The van der Waals surface area contributed by atoms with Crippen LogP contribution < -0.4 is 10.1 Å². The monoisotopic (exact) mass is 345 g/mol. The number of carbonyl (C=O) groups excluding carboxylic acids is 1. The van der Waals surface area contributed by atoms with Crippen molar-refractivity contribution in [2.24, 2.45) is 0 Å². The number of hydrogen-bond acceptors (Lipinski definition) is 2. The molecule has 0 radical (unpaired) electrons. The van der Waals surface area contributed by atoms with E-state index in [1.165, 1.54) is 0 Å². The van der Waals surface area contributed by atoms with Crippen LogP contribution in [0.1, 0.15) is 27.0 Å². The Balaban J connectivity index is 1.87. The van der Waals surface area contributed by atoms with E-state index < -0.39 is 0 Å². The normalized spacial score (nSPS) is 12.7. The van der Waals surface area contributed by atoms with Gasteiger partial charge in [0.05, 0.1) is 12.3 Å². The van der Waals surface area contributed by atoms with Crippen molar-refractivity contribution in [3.8, 4) is 5.75 Å². The molecule has 3 nitrogen and oxygen atoms in total. The van der Waals surface area contributed by atoms with E-state index in [9.17, 15) is 4.79 Å². The van der Waals surface area contributed by atoms with Crippen LogP contribution >= 0.6 is 15.9 Å². The number of amides is 1. The van der Waals surface area contributed by atoms with Gasteiger partial charge in [-0.1, -0.05) is 6.07 Å². The lowest BCUT2D eigenvalue weighted by atomic mass is 10.1. The summed E-state index contributed by atoms with van der Waals surface area (Å²) in [6.07, 6.45) is 0.865. The molecule has 3 rings (SSSR count). The van der Waals surface area contributed by atoms with Gasteiger partial charge in [-0.3, -0.25) is 4.79 Å². The van der Waals surface area contributed by atoms with Crippen LogP contribution in [0.4, 0.5) is 5.69 Å². The molecule has 2 aromatic carbocycles. The molecule has 108 valence electrons. The molecular formula is C17H16BrNO2. The largest absolute Gasteiger partial charge is 0.493 e. The number of fused-ring (bicyclic) bond motifs is 1. The molecule has 1 heterocycles. The quantitative estimate of drug-likeness (QED) is 0.883. The molecule has 0 saturated carbocycles. The van der Waals surface area contributed by atoms with Crippen LogP contribution in [0.25, 0.3) is 0 Å². The Labute approximate surface area is 132 Å². The van der Waals surface area contributed by atoms with Gasteiger partial charge < -0.3 is 10.1 Å². The van der Waals surface area contributed by atoms with Crippen molar-refractivity contribution in [1.29, 1.82) is 0 Å². The lowest BCUT2D eigenvalue weighted by Gasteiger charge is -2.12. The summed E-state index contributed by atoms with van der Waals surface area (Å²) in [5.41, 5.74) is 4.78. The molecule has 21 heavy (non-hydrogen) atoms. The first-order valence-electron chi connectivity index (χ1n) is 6.88. The second-order valence-corrected chi connectivity index (χ2v) is 6.17. The smallest absolute Gasteiger partial charge is 0.255 e. The summed E-state index contributed by atoms with van der Waals surface area (Å²) in [6, 6.07) is 9.64. The highest BCUT2D eigenvalue weighted by atomic mass is 79.9. The lowest BCUT2D eigenvalue weighted by Crippen LogP contribution is -2.13. The number of ether oxygens (including phenoxy) is 1. The lowest BCUT2D eigenvalue weighted by molar-refractivity contribution is 0.102. The maximum absolute atomic E-state index is 12.4. The molecule has 0 spiro atoms. The Hall–Kier alpha value is -1.81. The molecule has 0 atom stereocenters. The van der Waals surface area contributed by atoms with E-state index in [1.54, 1.807) is 6.07 Å². The van der Waals surface area contributed by atoms with Crippen LogP contribution in [0.2, 0.25) is 0 Å². The Morgan fingerprint density at radius 2 is 2.05 bits per heavy atom. The summed E-state index contributed by atoms with van der Waals surface area (Å²) in [4.78, 5) is 12.4. The molecule has 4 heteroatoms. The van der Waals surface area contributed by atoms with Crippen LogP contribution in [0.5, 0.6) is 5.75 Å². The fourth-order valence-corrected chi connectivity index (χ4v) is 3.36. The number of aryl methyl sites for hydroxylation is 2. The van der Waals surface area contributed by atoms with E-state index >= 15 is 0 Å². The highest BCUT2D eigenvalue weighted by molar-refractivity contribution is 9.10. The van der Waals surface area contributed by atoms with Crippen molar-refractivity contribution in [2.75, 3.05) is 11.9 Å². The Bertz CT molecular complexity index is 702. The summed E-state index contributed by atoms with van der Waals surface area (Å²) in [5, 5.41) is 2.99. The van der Waals surface area contributed by atoms with Gasteiger partial charge in [-0.05, 0) is 70.7 Å². The number of rotatable bonds is 2. The van der Waals surface area contributed by atoms with Crippen LogP contribution in [0, 0.1) is 13.8 Å². The highest BCUT2D eigenvalue weighted by Gasteiger charge is 2.16. The van der Waals surface area contributed by atoms with Crippen molar-refractivity contribution < 1.29 is 9.53 Å². The first kappa shape index (κ1) is 14.1. The minimum Gasteiger partial charge on any atom is -0.493 e. The second-order valence-electron chi connectivity index (χ2n) is 5.31. The highest BCUT2D eigenvalue weighted by Crippen LogP contribution is 2.29. The second kappa shape index (κ2) is 5.53. The third kappa shape index (κ3) is 2.81. The molecule has 1 amide bonds. The SMILES string of the molecule is Cc1cc(C)c(NC(=O)c2ccc3c(c2)CCO3)c(Br)c1. The third-order valence-electron chi connectivity index (χ3n) is 3.62. The maximum Gasteiger partial charge on any atom is 0.255 e. The van der Waals surface area contributed by atoms with Crippen molar-refractivity contribution >= 4 is 27.5 Å². The zero-order valence-electron chi connectivity index (χ0n) is 12.0. The summed E-state index contributed by atoms with van der Waals surface area (Å²) in [7, 11) is 0. The average molecular weight is 346 g/mol. The first-order valence-corrected chi connectivity index (χ1v) is 7.68. The van der Waals surface area contributed by atoms with Gasteiger partial charge in [0, 0.05) is 16.5 Å². The van der Waals surface area contributed by atoms with Gasteiger partial charge in [-0.2, -0.15) is 0 Å². The van der Waals surface area contributed by atoms with Gasteiger partial charge >= 0.3 is 0 Å². The van der Waals surface area contributed by atoms with Gasteiger partial charge in [-0.25, -0.2) is 0 Å². The zero-order valence-corrected chi connectivity index (χ0v) is 13.6. The predicted octanol–water partition coefficient (Wildman–Crippen LogP) is 4.25. The van der Waals surface area contributed by atoms with E-state index in [0.29, 0.717) is 12.2 Å². The van der Waals surface area contributed by atoms with E-state index in [0.717, 1.165) is 39.0 Å². The summed E-state index contributed by atoms with van der Waals surface area (Å²) in [5.74, 6) is 0.789. The predicted molar refractivity (Wildman–Crippen MR) is 87.2 cm³/mol. The number of nitrogens with one attached hydrogen (secondary N) is 1. The van der Waals surface area contributed by atoms with Crippen LogP contribution in [0.3, 0.4) is 0 Å². The molecule has 2 aromatic rings. The van der Waals surface area contributed by atoms with Crippen LogP contribution in [-0.4, -0.2) is 12.5 Å². The molecule has 1 aliphatic heterocycles. The van der Waals surface area contributed by atoms with Crippen molar-refractivity contribution in [3.63, 3.8) is 0 Å². The molecule has 1 aliphatic rings. The molecule has 0 bridgehead atoms. The van der Waals surface area contributed by atoms with Gasteiger partial charge in [-0.15, -0.1) is 0 Å². The topological polar surface area (TPSA) is 38.3 Å². The standard InChI is InChI=1S/C17H16BrNO2/c1-10-7-11(2)16(14(18)8-10)19-17(20)13-3-4-15-12(9-13)5-6-21-15/h3-4,7-9H,5-6H2,1-2H3,(H,19,20).